The number of nitrogens with one attached hydrogen (secondary N) is 1. The first-order chi connectivity index (χ1) is 11.3. The molecule has 0 aliphatic carbocycles. The number of morpholine rings is 1. The van der Waals surface area contributed by atoms with Crippen molar-refractivity contribution in [2.24, 2.45) is 0 Å². The van der Waals surface area contributed by atoms with Crippen molar-refractivity contribution in [3.63, 3.8) is 0 Å². The van der Waals surface area contributed by atoms with E-state index in [9.17, 15) is 4.79 Å². The fraction of sp³-hybridized carbons (Fsp3) is 0.625. The van der Waals surface area contributed by atoms with Crippen LogP contribution in [0.2, 0.25) is 0 Å². The van der Waals surface area contributed by atoms with Gasteiger partial charge >= 0.3 is 0 Å². The summed E-state index contributed by atoms with van der Waals surface area (Å²) >= 11 is 1.61. The van der Waals surface area contributed by atoms with Crippen molar-refractivity contribution in [2.45, 2.75) is 45.6 Å². The number of ether oxygens (including phenoxy) is 1. The van der Waals surface area contributed by atoms with Crippen LogP contribution in [-0.2, 0) is 21.4 Å². The van der Waals surface area contributed by atoms with Crippen molar-refractivity contribution in [3.05, 3.63) is 27.7 Å². The third kappa shape index (κ3) is 3.81. The van der Waals surface area contributed by atoms with E-state index in [0.717, 1.165) is 16.5 Å². The maximum atomic E-state index is 12.6. The Bertz CT molecular complexity index is 718. The molecule has 1 atom stereocenters. The average Bonchev–Trinajstić information content (AvgIpc) is 3.16. The molecule has 0 spiro atoms. The number of aromatic nitrogens is 4. The first kappa shape index (κ1) is 17.0. The minimum atomic E-state index is -0.270. The number of carbonyl (C=O) groups excluding carboxylic acids is 1. The highest BCUT2D eigenvalue weighted by molar-refractivity contribution is 7.09. The predicted molar refractivity (Wildman–Crippen MR) is 90.9 cm³/mol. The van der Waals surface area contributed by atoms with Crippen molar-refractivity contribution in [2.75, 3.05) is 19.7 Å². The SMILES string of the molecule is Cc1nc([C@H]2CN(C(=O)Cc3csc(C(C)(C)C)n3)CCO2)n[nH]1. The average molecular weight is 349 g/mol. The van der Waals surface area contributed by atoms with Gasteiger partial charge in [0.15, 0.2) is 5.82 Å². The molecule has 2 aromatic rings. The lowest BCUT2D eigenvalue weighted by atomic mass is 9.98. The summed E-state index contributed by atoms with van der Waals surface area (Å²) in [6, 6.07) is 0. The van der Waals surface area contributed by atoms with E-state index in [-0.39, 0.29) is 17.4 Å². The van der Waals surface area contributed by atoms with Crippen molar-refractivity contribution < 1.29 is 9.53 Å². The van der Waals surface area contributed by atoms with Gasteiger partial charge in [-0.15, -0.1) is 11.3 Å². The molecule has 7 nitrogen and oxygen atoms in total. The Balaban J connectivity index is 1.63. The van der Waals surface area contributed by atoms with Crippen LogP contribution in [0.5, 0.6) is 0 Å². The van der Waals surface area contributed by atoms with Gasteiger partial charge in [0.25, 0.3) is 0 Å². The van der Waals surface area contributed by atoms with Gasteiger partial charge in [-0.3, -0.25) is 9.89 Å². The Kier molecular flexibility index (Phi) is 4.69. The highest BCUT2D eigenvalue weighted by atomic mass is 32.1. The smallest absolute Gasteiger partial charge is 0.228 e. The lowest BCUT2D eigenvalue weighted by Crippen LogP contribution is -2.43. The molecule has 2 aromatic heterocycles. The van der Waals surface area contributed by atoms with E-state index in [0.29, 0.717) is 31.9 Å². The molecule has 1 fully saturated rings. The van der Waals surface area contributed by atoms with Crippen LogP contribution < -0.4 is 0 Å². The number of carbonyl (C=O) groups is 1. The number of rotatable bonds is 3. The van der Waals surface area contributed by atoms with Crippen LogP contribution in [-0.4, -0.2) is 50.7 Å². The van der Waals surface area contributed by atoms with Crippen molar-refractivity contribution in [3.8, 4) is 0 Å². The van der Waals surface area contributed by atoms with Gasteiger partial charge in [-0.2, -0.15) is 5.10 Å². The van der Waals surface area contributed by atoms with Crippen molar-refractivity contribution >= 4 is 17.2 Å². The standard InChI is InChI=1S/C16H23N5O2S/c1-10-17-14(20-19-10)12-8-21(5-6-23-12)13(22)7-11-9-24-15(18-11)16(2,3)4/h9,12H,5-8H2,1-4H3,(H,17,19,20)/t12-/m1/s1. The summed E-state index contributed by atoms with van der Waals surface area (Å²) in [6.07, 6.45) is 0.0555. The molecule has 0 saturated carbocycles. The summed E-state index contributed by atoms with van der Waals surface area (Å²) in [6.45, 7) is 9.79. The molecule has 0 unspecified atom stereocenters. The molecule has 8 heteroatoms. The topological polar surface area (TPSA) is 84.0 Å². The zero-order valence-corrected chi connectivity index (χ0v) is 15.3. The van der Waals surface area contributed by atoms with Crippen LogP contribution in [0.1, 0.15) is 49.2 Å². The Morgan fingerprint density at radius 3 is 2.88 bits per heavy atom. The molecule has 130 valence electrons. The molecule has 0 bridgehead atoms. The largest absolute Gasteiger partial charge is 0.366 e. The minimum absolute atomic E-state index is 0.0134. The van der Waals surface area contributed by atoms with E-state index >= 15 is 0 Å². The van der Waals surface area contributed by atoms with E-state index < -0.39 is 0 Å². The van der Waals surface area contributed by atoms with Gasteiger partial charge in [-0.1, -0.05) is 20.8 Å². The summed E-state index contributed by atoms with van der Waals surface area (Å²) in [7, 11) is 0. The lowest BCUT2D eigenvalue weighted by Gasteiger charge is -2.31. The first-order valence-corrected chi connectivity index (χ1v) is 8.94. The molecule has 3 rings (SSSR count). The number of amides is 1. The van der Waals surface area contributed by atoms with Gasteiger partial charge in [0.2, 0.25) is 5.91 Å². The van der Waals surface area contributed by atoms with Crippen LogP contribution >= 0.6 is 11.3 Å². The highest BCUT2D eigenvalue weighted by Crippen LogP contribution is 2.26. The second kappa shape index (κ2) is 6.60. The summed E-state index contributed by atoms with van der Waals surface area (Å²) in [5.41, 5.74) is 0.853. The Labute approximate surface area is 145 Å². The maximum absolute atomic E-state index is 12.6. The fourth-order valence-electron chi connectivity index (χ4n) is 2.54. The number of aromatic amines is 1. The molecule has 3 heterocycles. The molecule has 0 aromatic carbocycles. The van der Waals surface area contributed by atoms with E-state index in [1.165, 1.54) is 0 Å². The summed E-state index contributed by atoms with van der Waals surface area (Å²) in [5, 5.41) is 9.99. The zero-order valence-electron chi connectivity index (χ0n) is 14.5. The quantitative estimate of drug-likeness (QED) is 0.916. The second-order valence-electron chi connectivity index (χ2n) is 7.05. The number of aryl methyl sites for hydroxylation is 1. The Morgan fingerprint density at radius 2 is 2.25 bits per heavy atom. The fourth-order valence-corrected chi connectivity index (χ4v) is 3.44. The van der Waals surface area contributed by atoms with Gasteiger partial charge in [-0.25, -0.2) is 9.97 Å². The monoisotopic (exact) mass is 349 g/mol. The van der Waals surface area contributed by atoms with Crippen molar-refractivity contribution in [1.82, 2.24) is 25.1 Å². The molecule has 1 amide bonds. The number of hydrogen-bond acceptors (Lipinski definition) is 6. The molecular formula is C16H23N5O2S. The van der Waals surface area contributed by atoms with Gasteiger partial charge < -0.3 is 9.64 Å². The molecule has 1 saturated heterocycles. The molecular weight excluding hydrogens is 326 g/mol. The number of hydrogen-bond donors (Lipinski definition) is 1. The minimum Gasteiger partial charge on any atom is -0.366 e. The third-order valence-corrected chi connectivity index (χ3v) is 5.16. The van der Waals surface area contributed by atoms with Crippen molar-refractivity contribution in [1.29, 1.82) is 0 Å². The van der Waals surface area contributed by atoms with Gasteiger partial charge in [-0.05, 0) is 6.92 Å². The van der Waals surface area contributed by atoms with Gasteiger partial charge in [0.1, 0.15) is 11.9 Å². The lowest BCUT2D eigenvalue weighted by molar-refractivity contribution is -0.138. The summed E-state index contributed by atoms with van der Waals surface area (Å²) in [4.78, 5) is 23.3. The van der Waals surface area contributed by atoms with Gasteiger partial charge in [0.05, 0.1) is 30.3 Å². The van der Waals surface area contributed by atoms with E-state index in [1.54, 1.807) is 11.3 Å². The van der Waals surface area contributed by atoms with Crippen LogP contribution in [0.25, 0.3) is 0 Å². The molecule has 1 N–H and O–H groups in total. The number of nitrogens with zero attached hydrogens (tertiary/aromatic N) is 4. The van der Waals surface area contributed by atoms with Crippen LogP contribution in [0.3, 0.4) is 0 Å². The Hall–Kier alpha value is -1.80. The molecule has 0 radical (unpaired) electrons. The molecule has 1 aliphatic heterocycles. The van der Waals surface area contributed by atoms with E-state index in [1.807, 2.05) is 17.2 Å². The highest BCUT2D eigenvalue weighted by Gasteiger charge is 2.28. The summed E-state index contributed by atoms with van der Waals surface area (Å²) < 4.78 is 5.70. The first-order valence-electron chi connectivity index (χ1n) is 8.06. The normalized spacial score (nSPS) is 18.8. The maximum Gasteiger partial charge on any atom is 0.228 e. The molecule has 24 heavy (non-hydrogen) atoms. The predicted octanol–water partition coefficient (Wildman–Crippen LogP) is 2.01. The third-order valence-electron chi connectivity index (χ3n) is 3.85. The van der Waals surface area contributed by atoms with Crippen LogP contribution in [0.4, 0.5) is 0 Å². The summed E-state index contributed by atoms with van der Waals surface area (Å²) in [5.74, 6) is 1.42. The second-order valence-corrected chi connectivity index (χ2v) is 7.91. The Morgan fingerprint density at radius 1 is 1.46 bits per heavy atom. The van der Waals surface area contributed by atoms with Crippen LogP contribution in [0, 0.1) is 6.92 Å². The molecule has 1 aliphatic rings. The van der Waals surface area contributed by atoms with Gasteiger partial charge in [0, 0.05) is 17.3 Å². The zero-order chi connectivity index (χ0) is 17.3. The number of H-pyrrole nitrogens is 1. The van der Waals surface area contributed by atoms with E-state index in [4.69, 9.17) is 4.74 Å². The van der Waals surface area contributed by atoms with E-state index in [2.05, 4.69) is 40.9 Å². The number of thiazole rings is 1. The van der Waals surface area contributed by atoms with Crippen LogP contribution in [0.15, 0.2) is 5.38 Å².